The van der Waals surface area contributed by atoms with E-state index in [9.17, 15) is 4.79 Å². The summed E-state index contributed by atoms with van der Waals surface area (Å²) in [4.78, 5) is 12.1. The van der Waals surface area contributed by atoms with E-state index < -0.39 is 0 Å². The van der Waals surface area contributed by atoms with Crippen molar-refractivity contribution in [3.63, 3.8) is 0 Å². The molecule has 0 unspecified atom stereocenters. The third-order valence-electron chi connectivity index (χ3n) is 5.79. The van der Waals surface area contributed by atoms with Crippen LogP contribution in [0.15, 0.2) is 42.5 Å². The molecule has 2 atom stereocenters. The number of nitrogens with one attached hydrogen (secondary N) is 1. The first-order valence-electron chi connectivity index (χ1n) is 9.31. The van der Waals surface area contributed by atoms with Crippen molar-refractivity contribution in [1.82, 2.24) is 5.32 Å². The fraction of sp³-hybridized carbons (Fsp3) is 0.409. The molecule has 4 rings (SSSR count). The first-order chi connectivity index (χ1) is 12.1. The van der Waals surface area contributed by atoms with Crippen LogP contribution in [0, 0.1) is 0 Å². The molecule has 1 aliphatic heterocycles. The number of hydrogen-bond acceptors (Lipinski definition) is 3. The van der Waals surface area contributed by atoms with Gasteiger partial charge in [0, 0.05) is 28.8 Å². The van der Waals surface area contributed by atoms with Gasteiger partial charge in [-0.1, -0.05) is 49.2 Å². The van der Waals surface area contributed by atoms with Gasteiger partial charge in [-0.3, -0.25) is 0 Å². The Labute approximate surface area is 149 Å². The van der Waals surface area contributed by atoms with E-state index in [1.165, 1.54) is 35.6 Å². The van der Waals surface area contributed by atoms with Crippen LogP contribution in [0.1, 0.15) is 56.6 Å². The average Bonchev–Trinajstić information content (AvgIpc) is 2.61. The molecular formula is C22H25NO2. The molecule has 1 saturated carbocycles. The lowest BCUT2D eigenvalue weighted by Crippen LogP contribution is -2.51. The lowest BCUT2D eigenvalue weighted by Gasteiger charge is -2.48. The monoisotopic (exact) mass is 335 g/mol. The summed E-state index contributed by atoms with van der Waals surface area (Å²) in [6, 6.07) is 12.9. The molecule has 0 aromatic heterocycles. The molecule has 1 fully saturated rings. The van der Waals surface area contributed by atoms with E-state index in [1.807, 2.05) is 6.92 Å². The van der Waals surface area contributed by atoms with E-state index in [4.69, 9.17) is 4.74 Å². The average molecular weight is 335 g/mol. The summed E-state index contributed by atoms with van der Waals surface area (Å²) < 4.78 is 5.16. The zero-order chi connectivity index (χ0) is 17.4. The van der Waals surface area contributed by atoms with Crippen LogP contribution in [0.25, 0.3) is 16.5 Å². The number of carbonyl (C=O) groups is 1. The van der Waals surface area contributed by atoms with E-state index >= 15 is 0 Å². The van der Waals surface area contributed by atoms with Crippen LogP contribution >= 0.6 is 0 Å². The summed E-state index contributed by atoms with van der Waals surface area (Å²) in [5, 5.41) is 6.29. The van der Waals surface area contributed by atoms with Crippen LogP contribution < -0.4 is 5.32 Å². The van der Waals surface area contributed by atoms with E-state index in [-0.39, 0.29) is 11.5 Å². The van der Waals surface area contributed by atoms with Crippen molar-refractivity contribution >= 4 is 22.4 Å². The van der Waals surface area contributed by atoms with E-state index in [0.29, 0.717) is 12.5 Å². The molecule has 1 aliphatic carbocycles. The Balaban J connectivity index is 1.94. The molecule has 1 heterocycles. The van der Waals surface area contributed by atoms with Crippen molar-refractivity contribution in [1.29, 1.82) is 0 Å². The molecule has 0 bridgehead atoms. The Kier molecular flexibility index (Phi) is 4.03. The minimum Gasteiger partial charge on any atom is -0.463 e. The first-order valence-corrected chi connectivity index (χ1v) is 9.31. The smallest absolute Gasteiger partial charge is 0.332 e. The Bertz CT molecular complexity index is 854. The van der Waals surface area contributed by atoms with Crippen LogP contribution in [0.3, 0.4) is 0 Å². The van der Waals surface area contributed by atoms with E-state index in [2.05, 4.69) is 48.6 Å². The molecule has 0 spiro atoms. The summed E-state index contributed by atoms with van der Waals surface area (Å²) in [6.45, 7) is 4.54. The van der Waals surface area contributed by atoms with Crippen molar-refractivity contribution in [3.05, 3.63) is 53.6 Å². The Morgan fingerprint density at radius 2 is 2.12 bits per heavy atom. The maximum absolute atomic E-state index is 12.1. The maximum atomic E-state index is 12.1. The Morgan fingerprint density at radius 1 is 1.28 bits per heavy atom. The van der Waals surface area contributed by atoms with E-state index in [0.717, 1.165) is 17.7 Å². The lowest BCUT2D eigenvalue weighted by atomic mass is 9.66. The lowest BCUT2D eigenvalue weighted by molar-refractivity contribution is -0.137. The van der Waals surface area contributed by atoms with Gasteiger partial charge in [0.15, 0.2) is 0 Å². The second kappa shape index (κ2) is 6.21. The summed E-state index contributed by atoms with van der Waals surface area (Å²) >= 11 is 0. The number of benzene rings is 2. The topological polar surface area (TPSA) is 38.3 Å². The highest BCUT2D eigenvalue weighted by Crippen LogP contribution is 2.49. The number of rotatable bonds is 2. The second-order valence-electron chi connectivity index (χ2n) is 7.40. The quantitative estimate of drug-likeness (QED) is 0.635. The van der Waals surface area contributed by atoms with Gasteiger partial charge in [-0.2, -0.15) is 0 Å². The molecule has 130 valence electrons. The fourth-order valence-electron chi connectivity index (χ4n) is 4.64. The molecule has 3 nitrogen and oxygen atoms in total. The molecule has 2 aromatic rings. The summed E-state index contributed by atoms with van der Waals surface area (Å²) in [7, 11) is 0. The molecule has 0 saturated heterocycles. The minimum absolute atomic E-state index is 0.00625. The zero-order valence-electron chi connectivity index (χ0n) is 15.0. The molecule has 2 aromatic carbocycles. The highest BCUT2D eigenvalue weighted by molar-refractivity contribution is 5.97. The normalized spacial score (nSPS) is 26.6. The number of ether oxygens (including phenoxy) is 1. The van der Waals surface area contributed by atoms with Crippen LogP contribution in [-0.4, -0.2) is 18.1 Å². The van der Waals surface area contributed by atoms with Gasteiger partial charge in [-0.25, -0.2) is 4.79 Å². The summed E-state index contributed by atoms with van der Waals surface area (Å²) in [6.07, 6.45) is 6.44. The van der Waals surface area contributed by atoms with E-state index in [1.54, 1.807) is 6.08 Å². The predicted octanol–water partition coefficient (Wildman–Crippen LogP) is 4.76. The molecule has 1 N–H and O–H groups in total. The molecule has 25 heavy (non-hydrogen) atoms. The summed E-state index contributed by atoms with van der Waals surface area (Å²) in [5.41, 5.74) is 3.44. The van der Waals surface area contributed by atoms with Gasteiger partial charge in [-0.15, -0.1) is 0 Å². The van der Waals surface area contributed by atoms with Crippen molar-refractivity contribution in [2.45, 2.75) is 51.0 Å². The largest absolute Gasteiger partial charge is 0.463 e. The maximum Gasteiger partial charge on any atom is 0.332 e. The van der Waals surface area contributed by atoms with Crippen molar-refractivity contribution in [2.75, 3.05) is 6.61 Å². The van der Waals surface area contributed by atoms with Crippen LogP contribution in [-0.2, 0) is 9.53 Å². The highest BCUT2D eigenvalue weighted by atomic mass is 16.5. The van der Waals surface area contributed by atoms with Gasteiger partial charge < -0.3 is 10.1 Å². The van der Waals surface area contributed by atoms with Gasteiger partial charge in [-0.05, 0) is 43.0 Å². The van der Waals surface area contributed by atoms with Crippen molar-refractivity contribution in [3.8, 4) is 0 Å². The molecule has 3 heteroatoms. The molecule has 0 radical (unpaired) electrons. The van der Waals surface area contributed by atoms with Gasteiger partial charge in [0.25, 0.3) is 0 Å². The van der Waals surface area contributed by atoms with Crippen molar-refractivity contribution in [2.24, 2.45) is 0 Å². The second-order valence-corrected chi connectivity index (χ2v) is 7.40. The van der Waals surface area contributed by atoms with Gasteiger partial charge in [0.1, 0.15) is 0 Å². The number of hydrogen-bond donors (Lipinski definition) is 1. The molecule has 2 aliphatic rings. The minimum atomic E-state index is -0.276. The summed E-state index contributed by atoms with van der Waals surface area (Å²) in [5.74, 6) is 0.198. The molecular weight excluding hydrogens is 310 g/mol. The fourth-order valence-corrected chi connectivity index (χ4v) is 4.64. The van der Waals surface area contributed by atoms with Gasteiger partial charge in [0.05, 0.1) is 6.61 Å². The number of esters is 1. The standard InChI is InChI=1S/C22H25NO2/c1-3-25-20(24)14-19-17-12-11-15-8-4-5-9-16(15)21(17)18-10-6-7-13-22(18,2)23-19/h4-5,8-9,11-12,14,18,23H,3,6-7,10,13H2,1-2H3/b19-14-/t18-,22+/m1/s1. The van der Waals surface area contributed by atoms with Crippen LogP contribution in [0.5, 0.6) is 0 Å². The zero-order valence-corrected chi connectivity index (χ0v) is 15.0. The Hall–Kier alpha value is -2.29. The Morgan fingerprint density at radius 3 is 2.96 bits per heavy atom. The van der Waals surface area contributed by atoms with Gasteiger partial charge >= 0.3 is 5.97 Å². The first kappa shape index (κ1) is 16.2. The predicted molar refractivity (Wildman–Crippen MR) is 101 cm³/mol. The van der Waals surface area contributed by atoms with Gasteiger partial charge in [0.2, 0.25) is 0 Å². The number of fused-ring (bicyclic) bond motifs is 5. The SMILES string of the molecule is CCOC(=O)/C=C1\N[C@@]2(C)CCCC[C@@H]2c2c1ccc1ccccc21. The third kappa shape index (κ3) is 2.72. The highest BCUT2D eigenvalue weighted by Gasteiger charge is 2.43. The van der Waals surface area contributed by atoms with Crippen LogP contribution in [0.4, 0.5) is 0 Å². The van der Waals surface area contributed by atoms with Crippen molar-refractivity contribution < 1.29 is 9.53 Å². The third-order valence-corrected chi connectivity index (χ3v) is 5.79. The molecule has 0 amide bonds. The number of carbonyl (C=O) groups excluding carboxylic acids is 1. The van der Waals surface area contributed by atoms with Crippen LogP contribution in [0.2, 0.25) is 0 Å².